The van der Waals surface area contributed by atoms with Gasteiger partial charge in [0.25, 0.3) is 0 Å². The number of para-hydroxylation sites is 1. The summed E-state index contributed by atoms with van der Waals surface area (Å²) < 4.78 is 0. The largest absolute Gasteiger partial charge is 0.371 e. The number of aryl methyl sites for hydroxylation is 1. The lowest BCUT2D eigenvalue weighted by molar-refractivity contribution is 0.528. The Labute approximate surface area is 98.7 Å². The van der Waals surface area contributed by atoms with Crippen LogP contribution in [0.2, 0.25) is 0 Å². The molecule has 1 aliphatic heterocycles. The second kappa shape index (κ2) is 5.35. The zero-order chi connectivity index (χ0) is 11.4. The first-order valence-electron chi connectivity index (χ1n) is 6.32. The Kier molecular flexibility index (Phi) is 3.83. The lowest BCUT2D eigenvalue weighted by Crippen LogP contribution is -2.26. The highest BCUT2D eigenvalue weighted by Crippen LogP contribution is 2.26. The minimum Gasteiger partial charge on any atom is -0.371 e. The maximum absolute atomic E-state index is 3.45. The molecule has 1 atom stereocenters. The van der Waals surface area contributed by atoms with Crippen molar-refractivity contribution in [2.45, 2.75) is 20.3 Å². The molecule has 16 heavy (non-hydrogen) atoms. The third-order valence-corrected chi connectivity index (χ3v) is 3.43. The van der Waals surface area contributed by atoms with E-state index in [9.17, 15) is 0 Å². The number of nitrogens with one attached hydrogen (secondary N) is 1. The molecule has 0 aliphatic carbocycles. The van der Waals surface area contributed by atoms with Gasteiger partial charge in [-0.25, -0.2) is 0 Å². The summed E-state index contributed by atoms with van der Waals surface area (Å²) in [5.74, 6) is 0.819. The Hall–Kier alpha value is -1.02. The zero-order valence-electron chi connectivity index (χ0n) is 10.4. The third kappa shape index (κ3) is 2.56. The molecular weight excluding hydrogens is 196 g/mol. The summed E-state index contributed by atoms with van der Waals surface area (Å²) in [6, 6.07) is 8.70. The second-order valence-corrected chi connectivity index (χ2v) is 4.69. The Bertz CT molecular complexity index is 335. The van der Waals surface area contributed by atoms with Crippen LogP contribution in [-0.4, -0.2) is 26.2 Å². The van der Waals surface area contributed by atoms with Gasteiger partial charge < -0.3 is 10.2 Å². The smallest absolute Gasteiger partial charge is 0.0396 e. The maximum Gasteiger partial charge on any atom is 0.0396 e. The van der Waals surface area contributed by atoms with Crippen molar-refractivity contribution in [1.82, 2.24) is 5.32 Å². The zero-order valence-corrected chi connectivity index (χ0v) is 10.4. The number of rotatable bonds is 4. The quantitative estimate of drug-likeness (QED) is 0.835. The summed E-state index contributed by atoms with van der Waals surface area (Å²) in [5, 5.41) is 3.45. The van der Waals surface area contributed by atoms with Crippen LogP contribution in [0, 0.1) is 12.8 Å². The fraction of sp³-hybridized carbons (Fsp3) is 0.571. The fourth-order valence-electron chi connectivity index (χ4n) is 2.48. The van der Waals surface area contributed by atoms with Gasteiger partial charge in [-0.3, -0.25) is 0 Å². The fourth-order valence-corrected chi connectivity index (χ4v) is 2.48. The number of benzene rings is 1. The van der Waals surface area contributed by atoms with Crippen molar-refractivity contribution in [3.8, 4) is 0 Å². The molecule has 2 nitrogen and oxygen atoms in total. The summed E-state index contributed by atoms with van der Waals surface area (Å²) in [6.45, 7) is 9.04. The van der Waals surface area contributed by atoms with Crippen molar-refractivity contribution in [3.63, 3.8) is 0 Å². The van der Waals surface area contributed by atoms with Crippen LogP contribution in [0.4, 0.5) is 5.69 Å². The highest BCUT2D eigenvalue weighted by molar-refractivity contribution is 5.53. The summed E-state index contributed by atoms with van der Waals surface area (Å²) in [6.07, 6.45) is 1.32. The predicted octanol–water partition coefficient (Wildman–Crippen LogP) is 2.43. The summed E-state index contributed by atoms with van der Waals surface area (Å²) in [4.78, 5) is 2.53. The summed E-state index contributed by atoms with van der Waals surface area (Å²) >= 11 is 0. The normalized spacial score (nSPS) is 20.4. The van der Waals surface area contributed by atoms with E-state index in [0.29, 0.717) is 0 Å². The first-order chi connectivity index (χ1) is 7.81. The number of nitrogens with zero attached hydrogens (tertiary/aromatic N) is 1. The van der Waals surface area contributed by atoms with Crippen LogP contribution >= 0.6 is 0 Å². The molecule has 1 unspecified atom stereocenters. The van der Waals surface area contributed by atoms with Gasteiger partial charge in [-0.2, -0.15) is 0 Å². The van der Waals surface area contributed by atoms with Crippen molar-refractivity contribution in [2.75, 3.05) is 31.1 Å². The molecule has 0 saturated carbocycles. The van der Waals surface area contributed by atoms with Gasteiger partial charge in [-0.05, 0) is 44.0 Å². The lowest BCUT2D eigenvalue weighted by atomic mass is 10.1. The molecule has 1 heterocycles. The van der Waals surface area contributed by atoms with E-state index in [2.05, 4.69) is 48.3 Å². The van der Waals surface area contributed by atoms with Crippen LogP contribution in [0.15, 0.2) is 24.3 Å². The Balaban J connectivity index is 1.96. The van der Waals surface area contributed by atoms with Crippen molar-refractivity contribution >= 4 is 5.69 Å². The van der Waals surface area contributed by atoms with Crippen molar-refractivity contribution in [3.05, 3.63) is 29.8 Å². The topological polar surface area (TPSA) is 15.3 Å². The molecule has 2 rings (SSSR count). The van der Waals surface area contributed by atoms with Gasteiger partial charge in [-0.1, -0.05) is 25.1 Å². The third-order valence-electron chi connectivity index (χ3n) is 3.43. The molecule has 1 aromatic rings. The van der Waals surface area contributed by atoms with Gasteiger partial charge >= 0.3 is 0 Å². The van der Waals surface area contributed by atoms with E-state index in [1.807, 2.05) is 0 Å². The van der Waals surface area contributed by atoms with E-state index < -0.39 is 0 Å². The van der Waals surface area contributed by atoms with Gasteiger partial charge in [-0.15, -0.1) is 0 Å². The molecule has 1 fully saturated rings. The highest BCUT2D eigenvalue weighted by Gasteiger charge is 2.22. The molecular formula is C14H22N2. The van der Waals surface area contributed by atoms with Crippen molar-refractivity contribution in [2.24, 2.45) is 5.92 Å². The minimum atomic E-state index is 0.819. The van der Waals surface area contributed by atoms with E-state index >= 15 is 0 Å². The van der Waals surface area contributed by atoms with Crippen LogP contribution in [0.3, 0.4) is 0 Å². The van der Waals surface area contributed by atoms with Crippen LogP contribution in [-0.2, 0) is 0 Å². The summed E-state index contributed by atoms with van der Waals surface area (Å²) in [7, 11) is 0. The van der Waals surface area contributed by atoms with E-state index in [-0.39, 0.29) is 0 Å². The monoisotopic (exact) mass is 218 g/mol. The highest BCUT2D eigenvalue weighted by atomic mass is 15.2. The van der Waals surface area contributed by atoms with Gasteiger partial charge in [0.05, 0.1) is 0 Å². The molecule has 1 saturated heterocycles. The first-order valence-corrected chi connectivity index (χ1v) is 6.32. The lowest BCUT2D eigenvalue weighted by Gasteiger charge is -2.21. The molecule has 2 heteroatoms. The van der Waals surface area contributed by atoms with Gasteiger partial charge in [0, 0.05) is 18.8 Å². The molecule has 1 aromatic carbocycles. The molecule has 0 radical (unpaired) electrons. The second-order valence-electron chi connectivity index (χ2n) is 4.69. The van der Waals surface area contributed by atoms with E-state index in [1.54, 1.807) is 0 Å². The van der Waals surface area contributed by atoms with Crippen LogP contribution in [0.5, 0.6) is 0 Å². The predicted molar refractivity (Wildman–Crippen MR) is 70.0 cm³/mol. The van der Waals surface area contributed by atoms with Gasteiger partial charge in [0.15, 0.2) is 0 Å². The van der Waals surface area contributed by atoms with Crippen molar-refractivity contribution in [1.29, 1.82) is 0 Å². The molecule has 88 valence electrons. The van der Waals surface area contributed by atoms with Crippen molar-refractivity contribution < 1.29 is 0 Å². The molecule has 1 aliphatic rings. The molecule has 0 spiro atoms. The SMILES string of the molecule is CCNCC1CCN(c2ccccc2C)C1. The molecule has 1 N–H and O–H groups in total. The van der Waals surface area contributed by atoms with Crippen LogP contribution < -0.4 is 10.2 Å². The Morgan fingerprint density at radius 2 is 2.19 bits per heavy atom. The molecule has 0 aromatic heterocycles. The average molecular weight is 218 g/mol. The first kappa shape index (κ1) is 11.5. The van der Waals surface area contributed by atoms with Gasteiger partial charge in [0.1, 0.15) is 0 Å². The molecule has 0 bridgehead atoms. The number of anilines is 1. The van der Waals surface area contributed by atoms with Crippen LogP contribution in [0.1, 0.15) is 18.9 Å². The van der Waals surface area contributed by atoms with Crippen LogP contribution in [0.25, 0.3) is 0 Å². The standard InChI is InChI=1S/C14H22N2/c1-3-15-10-13-8-9-16(11-13)14-7-5-4-6-12(14)2/h4-7,13,15H,3,8-11H2,1-2H3. The number of hydrogen-bond donors (Lipinski definition) is 1. The Morgan fingerprint density at radius 3 is 2.94 bits per heavy atom. The maximum atomic E-state index is 3.45. The van der Waals surface area contributed by atoms with Gasteiger partial charge in [0.2, 0.25) is 0 Å². The summed E-state index contributed by atoms with van der Waals surface area (Å²) in [5.41, 5.74) is 2.81. The minimum absolute atomic E-state index is 0.819. The Morgan fingerprint density at radius 1 is 1.38 bits per heavy atom. The van der Waals surface area contributed by atoms with E-state index in [4.69, 9.17) is 0 Å². The van der Waals surface area contributed by atoms with E-state index in [1.165, 1.54) is 37.3 Å². The number of hydrogen-bond acceptors (Lipinski definition) is 2. The molecule has 0 amide bonds. The average Bonchev–Trinajstić information content (AvgIpc) is 2.75. The van der Waals surface area contributed by atoms with E-state index in [0.717, 1.165) is 12.5 Å².